The van der Waals surface area contributed by atoms with Gasteiger partial charge in [-0.1, -0.05) is 0 Å². The molecule has 1 unspecified atom stereocenters. The Bertz CT molecular complexity index is 1350. The van der Waals surface area contributed by atoms with Gasteiger partial charge in [-0.05, 0) is 6.42 Å². The smallest absolute Gasteiger partial charge is 0.259 e. The van der Waals surface area contributed by atoms with Gasteiger partial charge in [0.25, 0.3) is 5.91 Å². The summed E-state index contributed by atoms with van der Waals surface area (Å²) in [4.78, 5) is 39.4. The highest BCUT2D eigenvalue weighted by atomic mass is 19.1. The van der Waals surface area contributed by atoms with Gasteiger partial charge in [0.1, 0.15) is 18.9 Å². The van der Waals surface area contributed by atoms with Crippen LogP contribution in [0.25, 0.3) is 0 Å². The van der Waals surface area contributed by atoms with Gasteiger partial charge in [-0.3, -0.25) is 14.5 Å². The summed E-state index contributed by atoms with van der Waals surface area (Å²) in [5.74, 6) is -9.20. The Kier molecular flexibility index (Phi) is 8.58. The lowest BCUT2D eigenvalue weighted by Gasteiger charge is -2.27. The second-order valence-corrected chi connectivity index (χ2v) is 9.53. The number of halogens is 1. The van der Waals surface area contributed by atoms with Gasteiger partial charge in [-0.2, -0.15) is 0 Å². The molecule has 1 saturated heterocycles. The number of hydrogen-bond acceptors (Lipinski definition) is 12. The van der Waals surface area contributed by atoms with Crippen LogP contribution < -0.4 is 10.1 Å². The maximum Gasteiger partial charge on any atom is 0.259 e. The molecule has 2 heterocycles. The standard InChI is InChI=1S/C26H30FN3O11/c1-28-25(38)15(3-2-6-31)30-10-12-16(26(30)39)21(35)22(36)23(37)24(12)41-11-14-17(27)18(32)13(19(33)20(14)34)9-29-4-7-40-8-5-29/h6,15,32-37H,2-5,7-11H2,1H3,(H,28,38). The van der Waals surface area contributed by atoms with E-state index in [1.807, 2.05) is 0 Å². The molecule has 7 N–H and O–H groups in total. The minimum atomic E-state index is -1.31. The van der Waals surface area contributed by atoms with Crippen molar-refractivity contribution in [3.63, 3.8) is 0 Å². The number of nitrogens with zero attached hydrogens (tertiary/aromatic N) is 2. The van der Waals surface area contributed by atoms with Gasteiger partial charge >= 0.3 is 0 Å². The Morgan fingerprint density at radius 1 is 1.02 bits per heavy atom. The van der Waals surface area contributed by atoms with E-state index in [0.29, 0.717) is 32.6 Å². The van der Waals surface area contributed by atoms with Crippen LogP contribution in [0.1, 0.15) is 39.9 Å². The van der Waals surface area contributed by atoms with Crippen LogP contribution >= 0.6 is 0 Å². The van der Waals surface area contributed by atoms with E-state index in [9.17, 15) is 45.0 Å². The zero-order valence-electron chi connectivity index (χ0n) is 22.0. The molecule has 1 atom stereocenters. The van der Waals surface area contributed by atoms with Crippen LogP contribution in [-0.2, 0) is 34.0 Å². The van der Waals surface area contributed by atoms with E-state index in [2.05, 4.69) is 5.32 Å². The third-order valence-corrected chi connectivity index (χ3v) is 7.16. The normalized spacial score (nSPS) is 16.0. The van der Waals surface area contributed by atoms with Gasteiger partial charge in [0, 0.05) is 38.7 Å². The molecule has 4 rings (SSSR count). The van der Waals surface area contributed by atoms with E-state index in [0.717, 1.165) is 4.90 Å². The molecule has 2 aliphatic rings. The van der Waals surface area contributed by atoms with E-state index in [1.54, 1.807) is 4.90 Å². The number of fused-ring (bicyclic) bond motifs is 1. The van der Waals surface area contributed by atoms with Crippen molar-refractivity contribution in [2.75, 3.05) is 33.4 Å². The number of aromatic hydroxyl groups is 6. The number of ether oxygens (including phenoxy) is 2. The molecule has 0 bridgehead atoms. The number of phenolic OH excluding ortho intramolecular Hbond substituents is 6. The summed E-state index contributed by atoms with van der Waals surface area (Å²) in [6.45, 7) is 0.302. The van der Waals surface area contributed by atoms with Crippen molar-refractivity contribution in [2.24, 2.45) is 0 Å². The zero-order valence-corrected chi connectivity index (χ0v) is 22.0. The van der Waals surface area contributed by atoms with Crippen molar-refractivity contribution in [1.82, 2.24) is 15.1 Å². The molecular formula is C26H30FN3O11. The fourth-order valence-corrected chi connectivity index (χ4v) is 4.92. The van der Waals surface area contributed by atoms with Crippen molar-refractivity contribution in [1.29, 1.82) is 0 Å². The lowest BCUT2D eigenvalue weighted by atomic mass is 10.0. The second kappa shape index (κ2) is 11.9. The molecule has 1 fully saturated rings. The number of amides is 2. The van der Waals surface area contributed by atoms with E-state index in [1.165, 1.54) is 7.05 Å². The highest BCUT2D eigenvalue weighted by Gasteiger charge is 2.42. The lowest BCUT2D eigenvalue weighted by Crippen LogP contribution is -2.46. The molecule has 0 aliphatic carbocycles. The summed E-state index contributed by atoms with van der Waals surface area (Å²) in [7, 11) is 1.33. The molecule has 2 aromatic rings. The van der Waals surface area contributed by atoms with Crippen molar-refractivity contribution >= 4 is 18.1 Å². The van der Waals surface area contributed by atoms with E-state index < -0.39 is 88.2 Å². The van der Waals surface area contributed by atoms with Crippen LogP contribution in [0.5, 0.6) is 40.2 Å². The van der Waals surface area contributed by atoms with Crippen LogP contribution in [0.3, 0.4) is 0 Å². The van der Waals surface area contributed by atoms with Crippen molar-refractivity contribution < 1.29 is 58.9 Å². The fraction of sp³-hybridized carbons (Fsp3) is 0.423. The van der Waals surface area contributed by atoms with Gasteiger partial charge < -0.3 is 55.1 Å². The van der Waals surface area contributed by atoms with E-state index in [-0.39, 0.29) is 30.5 Å². The van der Waals surface area contributed by atoms with Crippen LogP contribution in [0, 0.1) is 5.82 Å². The maximum absolute atomic E-state index is 15.2. The average molecular weight is 580 g/mol. The van der Waals surface area contributed by atoms with Crippen LogP contribution in [0.4, 0.5) is 4.39 Å². The molecule has 0 aromatic heterocycles. The van der Waals surface area contributed by atoms with Crippen molar-refractivity contribution in [2.45, 2.75) is 38.6 Å². The SMILES string of the molecule is CNC(=O)C(CCC=O)N1Cc2c(OCc3c(O)c(O)c(CN4CCOCC4)c(O)c3F)c(O)c(O)c(O)c2C1=O. The highest BCUT2D eigenvalue weighted by molar-refractivity contribution is 6.05. The first kappa shape index (κ1) is 29.5. The Morgan fingerprint density at radius 2 is 1.68 bits per heavy atom. The van der Waals surface area contributed by atoms with Crippen LogP contribution in [0.15, 0.2) is 0 Å². The minimum absolute atomic E-state index is 0.0632. The average Bonchev–Trinajstić information content (AvgIpc) is 3.31. The summed E-state index contributed by atoms with van der Waals surface area (Å²) in [6, 6.07) is -1.16. The fourth-order valence-electron chi connectivity index (χ4n) is 4.92. The number of aldehydes is 1. The van der Waals surface area contributed by atoms with Crippen LogP contribution in [0.2, 0.25) is 0 Å². The first-order chi connectivity index (χ1) is 19.5. The number of carbonyl (C=O) groups excluding carboxylic acids is 3. The molecule has 41 heavy (non-hydrogen) atoms. The largest absolute Gasteiger partial charge is 0.504 e. The van der Waals surface area contributed by atoms with Gasteiger partial charge in [0.05, 0.1) is 36.4 Å². The molecule has 0 saturated carbocycles. The van der Waals surface area contributed by atoms with Crippen molar-refractivity contribution in [3.8, 4) is 40.2 Å². The molecule has 15 heteroatoms. The topological polar surface area (TPSA) is 210 Å². The zero-order chi connectivity index (χ0) is 30.0. The number of carbonyl (C=O) groups is 3. The summed E-state index contributed by atoms with van der Waals surface area (Å²) < 4.78 is 26.0. The van der Waals surface area contributed by atoms with Crippen molar-refractivity contribution in [3.05, 3.63) is 28.1 Å². The molecule has 0 radical (unpaired) electrons. The van der Waals surface area contributed by atoms with Gasteiger partial charge in [-0.15, -0.1) is 0 Å². The summed E-state index contributed by atoms with van der Waals surface area (Å²) in [5.41, 5.74) is -1.61. The minimum Gasteiger partial charge on any atom is -0.504 e. The van der Waals surface area contributed by atoms with Crippen LogP contribution in [-0.4, -0.2) is 97.9 Å². The predicted molar refractivity (Wildman–Crippen MR) is 136 cm³/mol. The number of benzene rings is 2. The monoisotopic (exact) mass is 579 g/mol. The summed E-state index contributed by atoms with van der Waals surface area (Å²) >= 11 is 0. The molecule has 2 aromatic carbocycles. The quantitative estimate of drug-likeness (QED) is 0.117. The number of rotatable bonds is 10. The highest BCUT2D eigenvalue weighted by Crippen LogP contribution is 2.52. The predicted octanol–water partition coefficient (Wildman–Crippen LogP) is 0.520. The number of phenols is 6. The summed E-state index contributed by atoms with van der Waals surface area (Å²) in [5, 5.41) is 65.2. The number of hydrogen-bond donors (Lipinski definition) is 7. The van der Waals surface area contributed by atoms with Gasteiger partial charge in [0.15, 0.2) is 34.6 Å². The molecule has 0 spiro atoms. The third kappa shape index (κ3) is 5.32. The Balaban J connectivity index is 1.67. The lowest BCUT2D eigenvalue weighted by molar-refractivity contribution is -0.125. The maximum atomic E-state index is 15.2. The molecule has 2 amide bonds. The van der Waals surface area contributed by atoms with Gasteiger partial charge in [0.2, 0.25) is 17.4 Å². The Hall–Kier alpha value is -4.50. The Morgan fingerprint density at radius 3 is 2.32 bits per heavy atom. The Labute approximate surface area is 232 Å². The molecule has 14 nitrogen and oxygen atoms in total. The molecular weight excluding hydrogens is 549 g/mol. The molecule has 222 valence electrons. The first-order valence-corrected chi connectivity index (χ1v) is 12.7. The third-order valence-electron chi connectivity index (χ3n) is 7.16. The number of morpholine rings is 1. The number of likely N-dealkylation sites (N-methyl/N-ethyl adjacent to an activating group) is 1. The van der Waals surface area contributed by atoms with Gasteiger partial charge in [-0.25, -0.2) is 4.39 Å². The molecule has 2 aliphatic heterocycles. The number of nitrogens with one attached hydrogen (secondary N) is 1. The van der Waals surface area contributed by atoms with E-state index >= 15 is 4.39 Å². The first-order valence-electron chi connectivity index (χ1n) is 12.7. The van der Waals surface area contributed by atoms with E-state index in [4.69, 9.17) is 9.47 Å². The summed E-state index contributed by atoms with van der Waals surface area (Å²) in [6.07, 6.45) is 0.425. The second-order valence-electron chi connectivity index (χ2n) is 9.53.